The summed E-state index contributed by atoms with van der Waals surface area (Å²) < 4.78 is 26.8. The first-order valence-electron chi connectivity index (χ1n) is 12.6. The van der Waals surface area contributed by atoms with Crippen molar-refractivity contribution in [3.8, 4) is 17.2 Å². The van der Waals surface area contributed by atoms with Crippen LogP contribution in [0, 0.1) is 0 Å². The first-order chi connectivity index (χ1) is 18.0. The second kappa shape index (κ2) is 14.7. The quantitative estimate of drug-likeness (QED) is 0.101. The number of benzene rings is 1. The summed E-state index contributed by atoms with van der Waals surface area (Å²) in [4.78, 5) is 29.0. The van der Waals surface area contributed by atoms with Gasteiger partial charge in [0, 0.05) is 11.0 Å². The maximum atomic E-state index is 12.8. The van der Waals surface area contributed by atoms with E-state index in [0.717, 1.165) is 23.7 Å². The second-order valence-electron chi connectivity index (χ2n) is 8.57. The van der Waals surface area contributed by atoms with Gasteiger partial charge in [-0.25, -0.2) is 14.6 Å². The second-order valence-corrected chi connectivity index (χ2v) is 8.57. The molecule has 0 unspecified atom stereocenters. The largest absolute Gasteiger partial charge is 0.459 e. The number of aromatic nitrogens is 2. The summed E-state index contributed by atoms with van der Waals surface area (Å²) in [6.07, 6.45) is 6.94. The predicted molar refractivity (Wildman–Crippen MR) is 138 cm³/mol. The van der Waals surface area contributed by atoms with Crippen LogP contribution in [0.2, 0.25) is 0 Å². The molecule has 0 spiro atoms. The van der Waals surface area contributed by atoms with Gasteiger partial charge in [-0.15, -0.1) is 0 Å². The minimum atomic E-state index is -0.761. The average Bonchev–Trinajstić information content (AvgIpc) is 3.33. The lowest BCUT2D eigenvalue weighted by molar-refractivity contribution is -0.140. The summed E-state index contributed by atoms with van der Waals surface area (Å²) in [6, 6.07) is 11.2. The fraction of sp³-hybridized carbons (Fsp3) is 0.429. The molecule has 9 heteroatoms. The van der Waals surface area contributed by atoms with Gasteiger partial charge >= 0.3 is 17.9 Å². The van der Waals surface area contributed by atoms with E-state index in [9.17, 15) is 9.59 Å². The number of ether oxygens (including phenoxy) is 4. The zero-order valence-corrected chi connectivity index (χ0v) is 21.5. The summed E-state index contributed by atoms with van der Waals surface area (Å²) in [7, 11) is 0. The molecule has 0 N–H and O–H groups in total. The van der Waals surface area contributed by atoms with Gasteiger partial charge in [-0.2, -0.15) is 0 Å². The van der Waals surface area contributed by atoms with Crippen molar-refractivity contribution in [1.82, 2.24) is 10.1 Å². The van der Waals surface area contributed by atoms with E-state index < -0.39 is 11.9 Å². The molecule has 0 saturated heterocycles. The molecule has 9 nitrogen and oxygen atoms in total. The van der Waals surface area contributed by atoms with Crippen molar-refractivity contribution in [1.29, 1.82) is 0 Å². The molecule has 1 aromatic carbocycles. The zero-order valence-electron chi connectivity index (χ0n) is 21.5. The summed E-state index contributed by atoms with van der Waals surface area (Å²) in [5.74, 6) is -1.32. The van der Waals surface area contributed by atoms with Crippen molar-refractivity contribution in [2.75, 3.05) is 26.6 Å². The fourth-order valence-corrected chi connectivity index (χ4v) is 3.54. The number of nitrogens with zero attached hydrogens (tertiary/aromatic N) is 2. The lowest BCUT2D eigenvalue weighted by Gasteiger charge is -2.08. The Balaban J connectivity index is 1.66. The molecule has 0 atom stereocenters. The Morgan fingerprint density at radius 2 is 1.70 bits per heavy atom. The highest BCUT2D eigenvalue weighted by Crippen LogP contribution is 2.34. The molecule has 3 rings (SSSR count). The molecule has 0 fully saturated rings. The normalized spacial score (nSPS) is 10.9. The van der Waals surface area contributed by atoms with Gasteiger partial charge in [0.15, 0.2) is 6.79 Å². The van der Waals surface area contributed by atoms with Crippen LogP contribution in [0.5, 0.6) is 5.95 Å². The molecule has 0 amide bonds. The number of pyridine rings is 1. The van der Waals surface area contributed by atoms with E-state index in [1.54, 1.807) is 6.07 Å². The highest BCUT2D eigenvalue weighted by atomic mass is 16.7. The minimum Gasteiger partial charge on any atom is -0.459 e. The molecule has 2 heterocycles. The van der Waals surface area contributed by atoms with Crippen molar-refractivity contribution in [3.63, 3.8) is 0 Å². The molecular weight excluding hydrogens is 476 g/mol. The monoisotopic (exact) mass is 510 g/mol. The van der Waals surface area contributed by atoms with Crippen LogP contribution in [0.15, 0.2) is 53.1 Å². The van der Waals surface area contributed by atoms with Crippen molar-refractivity contribution in [2.24, 2.45) is 0 Å². The van der Waals surface area contributed by atoms with E-state index in [4.69, 9.17) is 23.5 Å². The fourth-order valence-electron chi connectivity index (χ4n) is 3.54. The van der Waals surface area contributed by atoms with Crippen LogP contribution in [-0.2, 0) is 19.0 Å². The van der Waals surface area contributed by atoms with E-state index in [1.807, 2.05) is 30.3 Å². The maximum Gasteiger partial charge on any atom is 0.361 e. The molecule has 0 bridgehead atoms. The highest BCUT2D eigenvalue weighted by molar-refractivity contribution is 5.96. The third kappa shape index (κ3) is 8.42. The first-order valence-corrected chi connectivity index (χ1v) is 12.6. The van der Waals surface area contributed by atoms with E-state index in [1.165, 1.54) is 32.6 Å². The lowest BCUT2D eigenvalue weighted by Crippen LogP contribution is -2.15. The van der Waals surface area contributed by atoms with Crippen LogP contribution in [0.25, 0.3) is 22.2 Å². The Bertz CT molecular complexity index is 1190. The maximum absolute atomic E-state index is 12.8. The van der Waals surface area contributed by atoms with Gasteiger partial charge in [-0.05, 0) is 25.5 Å². The minimum absolute atomic E-state index is 0.00591. The van der Waals surface area contributed by atoms with Crippen molar-refractivity contribution in [3.05, 3.63) is 54.2 Å². The van der Waals surface area contributed by atoms with Crippen LogP contribution < -0.4 is 4.74 Å². The standard InChI is InChI=1S/C28H34N2O7/c1-4-5-6-7-8-11-16-33-19-36-28-24(23-15-14-21-12-9-10-13-22(21)29-23)25(30-37-28)27(32)35-18-17-34-26(31)20(2)3/h9-10,12-15H,2,4-8,11,16-19H2,1,3H3. The number of carbonyl (C=O) groups excluding carboxylic acids is 2. The Labute approximate surface area is 216 Å². The summed E-state index contributed by atoms with van der Waals surface area (Å²) in [5.41, 5.74) is 1.59. The number of hydrogen-bond acceptors (Lipinski definition) is 9. The number of rotatable bonds is 16. The Morgan fingerprint density at radius 3 is 2.51 bits per heavy atom. The molecule has 0 aliphatic heterocycles. The molecule has 0 saturated carbocycles. The van der Waals surface area contributed by atoms with Gasteiger partial charge < -0.3 is 23.5 Å². The molecule has 0 radical (unpaired) electrons. The Morgan fingerprint density at radius 1 is 0.946 bits per heavy atom. The van der Waals surface area contributed by atoms with E-state index in [2.05, 4.69) is 23.6 Å². The zero-order chi connectivity index (χ0) is 26.5. The van der Waals surface area contributed by atoms with Gasteiger partial charge in [0.25, 0.3) is 0 Å². The lowest BCUT2D eigenvalue weighted by atomic mass is 10.1. The van der Waals surface area contributed by atoms with Crippen molar-refractivity contribution >= 4 is 22.8 Å². The van der Waals surface area contributed by atoms with Crippen molar-refractivity contribution in [2.45, 2.75) is 52.4 Å². The first kappa shape index (κ1) is 27.9. The number of unbranched alkanes of at least 4 members (excludes halogenated alkanes) is 5. The smallest absolute Gasteiger partial charge is 0.361 e. The third-order valence-corrected chi connectivity index (χ3v) is 5.52. The van der Waals surface area contributed by atoms with Crippen LogP contribution in [0.1, 0.15) is 62.9 Å². The number of hydrogen-bond donors (Lipinski definition) is 0. The van der Waals surface area contributed by atoms with Crippen LogP contribution >= 0.6 is 0 Å². The number of fused-ring (bicyclic) bond motifs is 1. The highest BCUT2D eigenvalue weighted by Gasteiger charge is 2.27. The number of para-hydroxylation sites is 1. The molecule has 2 aromatic heterocycles. The van der Waals surface area contributed by atoms with Gasteiger partial charge in [0.1, 0.15) is 18.8 Å². The topological polar surface area (TPSA) is 110 Å². The SMILES string of the molecule is C=C(C)C(=O)OCCOC(=O)c1noc(OCOCCCCCCCC)c1-c1ccc2ccccc2n1. The molecule has 3 aromatic rings. The third-order valence-electron chi connectivity index (χ3n) is 5.52. The predicted octanol–water partition coefficient (Wildman–Crippen LogP) is 5.88. The Hall–Kier alpha value is -3.72. The average molecular weight is 511 g/mol. The Kier molecular flexibility index (Phi) is 11.1. The van der Waals surface area contributed by atoms with Gasteiger partial charge in [0.2, 0.25) is 5.69 Å². The summed E-state index contributed by atoms with van der Waals surface area (Å²) in [6.45, 7) is 7.45. The molecule has 0 aliphatic rings. The van der Waals surface area contributed by atoms with Gasteiger partial charge in [-0.3, -0.25) is 0 Å². The van der Waals surface area contributed by atoms with E-state index >= 15 is 0 Å². The van der Waals surface area contributed by atoms with E-state index in [-0.39, 0.29) is 42.8 Å². The molecule has 37 heavy (non-hydrogen) atoms. The molecular formula is C28H34N2O7. The van der Waals surface area contributed by atoms with Gasteiger partial charge in [0.05, 0.1) is 17.8 Å². The summed E-state index contributed by atoms with van der Waals surface area (Å²) >= 11 is 0. The number of esters is 2. The molecule has 0 aliphatic carbocycles. The molecule has 198 valence electrons. The van der Waals surface area contributed by atoms with E-state index in [0.29, 0.717) is 12.3 Å². The van der Waals surface area contributed by atoms with Crippen molar-refractivity contribution < 1.29 is 33.1 Å². The summed E-state index contributed by atoms with van der Waals surface area (Å²) in [5, 5.41) is 4.82. The van der Waals surface area contributed by atoms with Crippen LogP contribution in [0.3, 0.4) is 0 Å². The van der Waals surface area contributed by atoms with Crippen LogP contribution in [-0.4, -0.2) is 48.7 Å². The van der Waals surface area contributed by atoms with Crippen LogP contribution in [0.4, 0.5) is 0 Å². The van der Waals surface area contributed by atoms with Gasteiger partial charge in [-0.1, -0.05) is 75.0 Å². The number of carbonyl (C=O) groups is 2.